The molecule has 1 aromatic rings. The van der Waals surface area contributed by atoms with Crippen LogP contribution in [-0.2, 0) is 0 Å². The molecule has 0 aliphatic heterocycles. The molecule has 0 amide bonds. The lowest BCUT2D eigenvalue weighted by atomic mass is 9.79. The summed E-state index contributed by atoms with van der Waals surface area (Å²) in [6.07, 6.45) is 3.62. The van der Waals surface area contributed by atoms with Crippen molar-refractivity contribution in [2.24, 2.45) is 5.41 Å². The number of hydrogen-bond donors (Lipinski definition) is 0. The van der Waals surface area contributed by atoms with Gasteiger partial charge in [0, 0.05) is 10.2 Å². The second-order valence-corrected chi connectivity index (χ2v) is 8.21. The molecule has 0 aromatic heterocycles. The van der Waals surface area contributed by atoms with Crippen molar-refractivity contribution in [3.05, 3.63) is 51.2 Å². The van der Waals surface area contributed by atoms with E-state index >= 15 is 0 Å². The van der Waals surface area contributed by atoms with Crippen molar-refractivity contribution in [3.8, 4) is 0 Å². The van der Waals surface area contributed by atoms with Gasteiger partial charge in [0.2, 0.25) is 0 Å². The SMILES string of the molecule is Cc1cc(C)c(C2=CCC([SiH3])=C2C(C)(C)C)c(C)c1. The van der Waals surface area contributed by atoms with Crippen LogP contribution in [-0.4, -0.2) is 10.2 Å². The Morgan fingerprint density at radius 2 is 1.53 bits per heavy atom. The van der Waals surface area contributed by atoms with Gasteiger partial charge >= 0.3 is 0 Å². The first-order valence-corrected chi connectivity index (χ1v) is 8.21. The van der Waals surface area contributed by atoms with Crippen LogP contribution >= 0.6 is 0 Å². The van der Waals surface area contributed by atoms with Crippen LogP contribution in [0.2, 0.25) is 0 Å². The number of allylic oxidation sites excluding steroid dienone is 4. The van der Waals surface area contributed by atoms with Gasteiger partial charge in [-0.15, -0.1) is 0 Å². The average Bonchev–Trinajstić information content (AvgIpc) is 2.57. The van der Waals surface area contributed by atoms with Gasteiger partial charge in [0.05, 0.1) is 0 Å². The lowest BCUT2D eigenvalue weighted by Crippen LogP contribution is -2.12. The third-order valence-electron chi connectivity index (χ3n) is 4.00. The van der Waals surface area contributed by atoms with E-state index in [-0.39, 0.29) is 5.41 Å². The van der Waals surface area contributed by atoms with Crippen molar-refractivity contribution in [2.75, 3.05) is 0 Å². The zero-order valence-corrected chi connectivity index (χ0v) is 15.4. The summed E-state index contributed by atoms with van der Waals surface area (Å²) < 4.78 is 0. The molecule has 1 aliphatic rings. The van der Waals surface area contributed by atoms with Crippen molar-refractivity contribution < 1.29 is 0 Å². The van der Waals surface area contributed by atoms with Gasteiger partial charge in [-0.3, -0.25) is 0 Å². The summed E-state index contributed by atoms with van der Waals surface area (Å²) in [4.78, 5) is 0. The van der Waals surface area contributed by atoms with Crippen molar-refractivity contribution in [1.82, 2.24) is 0 Å². The summed E-state index contributed by atoms with van der Waals surface area (Å²) in [6.45, 7) is 13.7. The molecule has 0 atom stereocenters. The van der Waals surface area contributed by atoms with Gasteiger partial charge in [0.1, 0.15) is 0 Å². The molecule has 0 unspecified atom stereocenters. The fourth-order valence-corrected chi connectivity index (χ4v) is 4.79. The minimum Gasteiger partial charge on any atom is -0.0838 e. The molecular formula is C18H26Si. The predicted octanol–water partition coefficient (Wildman–Crippen LogP) is 4.06. The highest BCUT2D eigenvalue weighted by atomic mass is 28.1. The molecule has 0 bridgehead atoms. The van der Waals surface area contributed by atoms with Gasteiger partial charge in [0.25, 0.3) is 0 Å². The molecule has 0 heterocycles. The van der Waals surface area contributed by atoms with Crippen LogP contribution in [0.5, 0.6) is 0 Å². The van der Waals surface area contributed by atoms with E-state index in [2.05, 4.69) is 59.8 Å². The molecule has 0 nitrogen and oxygen atoms in total. The highest BCUT2D eigenvalue weighted by Gasteiger charge is 2.28. The molecule has 1 aliphatic carbocycles. The highest BCUT2D eigenvalue weighted by Crippen LogP contribution is 2.44. The predicted molar refractivity (Wildman–Crippen MR) is 89.7 cm³/mol. The molecule has 102 valence electrons. The van der Waals surface area contributed by atoms with Gasteiger partial charge in [-0.05, 0) is 60.4 Å². The smallest absolute Gasteiger partial charge is 0.0341 e. The highest BCUT2D eigenvalue weighted by molar-refractivity contribution is 6.24. The van der Waals surface area contributed by atoms with E-state index in [0.717, 1.165) is 0 Å². The molecule has 1 heteroatoms. The van der Waals surface area contributed by atoms with Crippen molar-refractivity contribution in [3.63, 3.8) is 0 Å². The maximum atomic E-state index is 2.45. The van der Waals surface area contributed by atoms with Gasteiger partial charge in [-0.2, -0.15) is 0 Å². The lowest BCUT2D eigenvalue weighted by Gasteiger charge is -2.27. The van der Waals surface area contributed by atoms with E-state index in [1.54, 1.807) is 10.8 Å². The Labute approximate surface area is 121 Å². The van der Waals surface area contributed by atoms with Gasteiger partial charge in [-0.25, -0.2) is 0 Å². The topological polar surface area (TPSA) is 0 Å². The second-order valence-electron chi connectivity index (χ2n) is 7.00. The van der Waals surface area contributed by atoms with Crippen LogP contribution in [0, 0.1) is 26.2 Å². The number of rotatable bonds is 1. The molecule has 1 aromatic carbocycles. The van der Waals surface area contributed by atoms with E-state index < -0.39 is 0 Å². The Morgan fingerprint density at radius 1 is 1.00 bits per heavy atom. The maximum absolute atomic E-state index is 2.45. The first kappa shape index (κ1) is 14.3. The Hall–Kier alpha value is -1.08. The summed E-state index contributed by atoms with van der Waals surface area (Å²) in [6, 6.07) is 4.63. The molecule has 2 rings (SSSR count). The Kier molecular flexibility index (Phi) is 3.61. The van der Waals surface area contributed by atoms with Crippen molar-refractivity contribution in [1.29, 1.82) is 0 Å². The summed E-state index contributed by atoms with van der Waals surface area (Å²) in [7, 11) is 1.18. The minimum absolute atomic E-state index is 0.253. The zero-order valence-electron chi connectivity index (χ0n) is 13.4. The maximum Gasteiger partial charge on any atom is 0.0341 e. The summed E-state index contributed by atoms with van der Waals surface area (Å²) in [5, 5.41) is 1.67. The third kappa shape index (κ3) is 2.62. The molecule has 0 radical (unpaired) electrons. The van der Waals surface area contributed by atoms with Crippen LogP contribution in [0.4, 0.5) is 0 Å². The fraction of sp³-hybridized carbons (Fsp3) is 0.444. The minimum atomic E-state index is 0.253. The second kappa shape index (κ2) is 4.79. The van der Waals surface area contributed by atoms with Gasteiger partial charge in [0.15, 0.2) is 0 Å². The monoisotopic (exact) mass is 270 g/mol. The van der Waals surface area contributed by atoms with Crippen molar-refractivity contribution in [2.45, 2.75) is 48.0 Å². The third-order valence-corrected chi connectivity index (χ3v) is 4.91. The van der Waals surface area contributed by atoms with Gasteiger partial charge in [-0.1, -0.05) is 49.7 Å². The molecule has 0 saturated carbocycles. The van der Waals surface area contributed by atoms with E-state index in [1.165, 1.54) is 44.5 Å². The molecule has 0 saturated heterocycles. The van der Waals surface area contributed by atoms with E-state index in [1.807, 2.05) is 0 Å². The summed E-state index contributed by atoms with van der Waals surface area (Å²) in [5.41, 5.74) is 9.04. The number of benzene rings is 1. The Balaban J connectivity index is 2.62. The van der Waals surface area contributed by atoms with Crippen LogP contribution in [0.1, 0.15) is 49.4 Å². The van der Waals surface area contributed by atoms with Crippen LogP contribution < -0.4 is 0 Å². The van der Waals surface area contributed by atoms with E-state index in [9.17, 15) is 0 Å². The Morgan fingerprint density at radius 3 is 2.00 bits per heavy atom. The zero-order chi connectivity index (χ0) is 14.4. The Bertz CT molecular complexity index is 557. The quantitative estimate of drug-likeness (QED) is 0.675. The molecule has 0 fully saturated rings. The van der Waals surface area contributed by atoms with Crippen LogP contribution in [0.15, 0.2) is 29.0 Å². The summed E-state index contributed by atoms with van der Waals surface area (Å²) >= 11 is 0. The average molecular weight is 270 g/mol. The fourth-order valence-electron chi connectivity index (χ4n) is 3.57. The van der Waals surface area contributed by atoms with E-state index in [4.69, 9.17) is 0 Å². The van der Waals surface area contributed by atoms with Crippen LogP contribution in [0.3, 0.4) is 0 Å². The van der Waals surface area contributed by atoms with Crippen molar-refractivity contribution >= 4 is 15.8 Å². The normalized spacial score (nSPS) is 16.2. The number of hydrogen-bond acceptors (Lipinski definition) is 0. The standard InChI is InChI=1S/C18H26Si/c1-11-9-12(2)16(13(3)10-11)14-7-8-15(19)17(14)18(4,5)6/h7,9-10H,8H2,1-6,19H3. The summed E-state index contributed by atoms with van der Waals surface area (Å²) in [5.74, 6) is 0. The van der Waals surface area contributed by atoms with Crippen LogP contribution in [0.25, 0.3) is 5.57 Å². The molecule has 0 spiro atoms. The first-order valence-electron chi connectivity index (χ1n) is 7.21. The molecular weight excluding hydrogens is 244 g/mol. The van der Waals surface area contributed by atoms with E-state index in [0.29, 0.717) is 0 Å². The largest absolute Gasteiger partial charge is 0.0838 e. The molecule has 19 heavy (non-hydrogen) atoms. The van der Waals surface area contributed by atoms with Gasteiger partial charge < -0.3 is 0 Å². The molecule has 0 N–H and O–H groups in total. The lowest BCUT2D eigenvalue weighted by molar-refractivity contribution is 0.520. The number of aryl methyl sites for hydroxylation is 3. The first-order chi connectivity index (χ1) is 8.71.